The summed E-state index contributed by atoms with van der Waals surface area (Å²) in [7, 11) is 0. The highest BCUT2D eigenvalue weighted by atomic mass is 19.4. The molecule has 0 fully saturated rings. The van der Waals surface area contributed by atoms with E-state index in [1.807, 2.05) is 6.07 Å². The number of carbonyl (C=O) groups excluding carboxylic acids is 2. The van der Waals surface area contributed by atoms with E-state index in [4.69, 9.17) is 5.26 Å². The van der Waals surface area contributed by atoms with E-state index < -0.39 is 29.7 Å². The van der Waals surface area contributed by atoms with Crippen LogP contribution < -0.4 is 10.2 Å². The minimum atomic E-state index is -4.55. The van der Waals surface area contributed by atoms with Gasteiger partial charge in [-0.05, 0) is 42.3 Å². The Bertz CT molecular complexity index is 1110. The van der Waals surface area contributed by atoms with Gasteiger partial charge in [0.2, 0.25) is 0 Å². The van der Waals surface area contributed by atoms with Crippen molar-refractivity contribution in [2.45, 2.75) is 25.6 Å². The van der Waals surface area contributed by atoms with E-state index in [0.717, 1.165) is 17.0 Å². The number of nitrogens with zero attached hydrogens (tertiary/aromatic N) is 2. The Balaban J connectivity index is 1.82. The molecule has 0 spiro atoms. The van der Waals surface area contributed by atoms with E-state index >= 15 is 0 Å². The number of nitriles is 1. The summed E-state index contributed by atoms with van der Waals surface area (Å²) < 4.78 is 39.5. The molecule has 1 N–H and O–H groups in total. The van der Waals surface area contributed by atoms with Crippen LogP contribution in [-0.4, -0.2) is 11.8 Å². The molecule has 2 aromatic carbocycles. The summed E-state index contributed by atoms with van der Waals surface area (Å²) in [5.74, 6) is -0.548. The molecule has 8 heteroatoms. The fraction of sp³-hybridized carbons (Fsp3) is 0.227. The number of nitrogens with one attached hydrogen (secondary N) is 1. The van der Waals surface area contributed by atoms with Gasteiger partial charge in [0.25, 0.3) is 0 Å². The van der Waals surface area contributed by atoms with Gasteiger partial charge >= 0.3 is 12.2 Å². The lowest BCUT2D eigenvalue weighted by Crippen LogP contribution is -2.47. The molecule has 152 valence electrons. The number of rotatable bonds is 2. The molecule has 1 heterocycles. The minimum absolute atomic E-state index is 0.0509. The molecule has 0 aromatic heterocycles. The molecule has 0 bridgehead atoms. The van der Waals surface area contributed by atoms with E-state index in [2.05, 4.69) is 5.32 Å². The van der Waals surface area contributed by atoms with Gasteiger partial charge in [-0.15, -0.1) is 0 Å². The van der Waals surface area contributed by atoms with E-state index in [-0.39, 0.29) is 17.9 Å². The van der Waals surface area contributed by atoms with Crippen molar-refractivity contribution in [3.05, 3.63) is 76.5 Å². The van der Waals surface area contributed by atoms with Gasteiger partial charge in [0.05, 0.1) is 28.9 Å². The third-order valence-electron chi connectivity index (χ3n) is 5.36. The lowest BCUT2D eigenvalue weighted by Gasteiger charge is -2.34. The monoisotopic (exact) mass is 411 g/mol. The van der Waals surface area contributed by atoms with Crippen LogP contribution in [-0.2, 0) is 11.0 Å². The van der Waals surface area contributed by atoms with Crippen molar-refractivity contribution in [2.75, 3.05) is 4.90 Å². The second-order valence-corrected chi connectivity index (χ2v) is 7.33. The van der Waals surface area contributed by atoms with Gasteiger partial charge in [0, 0.05) is 17.2 Å². The first-order valence-electron chi connectivity index (χ1n) is 9.26. The second-order valence-electron chi connectivity index (χ2n) is 7.33. The SMILES string of the molecule is CC1CC2=C(C1=O)C(c1ccc(C#N)cc1)NC(=O)N2c1cccc(C(F)(F)F)c1. The number of allylic oxidation sites excluding steroid dienone is 1. The Morgan fingerprint density at radius 3 is 2.47 bits per heavy atom. The third kappa shape index (κ3) is 3.22. The minimum Gasteiger partial charge on any atom is -0.326 e. The standard InChI is InChI=1S/C22H16F3N3O2/c1-12-9-17-18(20(12)29)19(14-7-5-13(11-26)6-8-14)27-21(30)28(17)16-4-2-3-15(10-16)22(23,24)25/h2-8,10,12,19H,9H2,1H3,(H,27,30). The van der Waals surface area contributed by atoms with Gasteiger partial charge in [-0.2, -0.15) is 18.4 Å². The molecule has 30 heavy (non-hydrogen) atoms. The second kappa shape index (κ2) is 7.02. The van der Waals surface area contributed by atoms with Crippen LogP contribution in [0.4, 0.5) is 23.7 Å². The number of carbonyl (C=O) groups is 2. The first kappa shape index (κ1) is 19.7. The molecular weight excluding hydrogens is 395 g/mol. The highest BCUT2D eigenvalue weighted by Crippen LogP contribution is 2.43. The summed E-state index contributed by atoms with van der Waals surface area (Å²) in [6.07, 6.45) is -4.30. The number of benzene rings is 2. The van der Waals surface area contributed by atoms with Crippen molar-refractivity contribution in [2.24, 2.45) is 5.92 Å². The average Bonchev–Trinajstić information content (AvgIpc) is 3.01. The molecule has 4 rings (SSSR count). The Labute approximate surface area is 170 Å². The summed E-state index contributed by atoms with van der Waals surface area (Å²) in [6.45, 7) is 1.73. The number of alkyl halides is 3. The van der Waals surface area contributed by atoms with Crippen molar-refractivity contribution < 1.29 is 22.8 Å². The number of hydrogen-bond donors (Lipinski definition) is 1. The van der Waals surface area contributed by atoms with Gasteiger partial charge in [0.1, 0.15) is 0 Å². The Morgan fingerprint density at radius 2 is 1.83 bits per heavy atom. The lowest BCUT2D eigenvalue weighted by atomic mass is 9.93. The van der Waals surface area contributed by atoms with Gasteiger partial charge in [-0.3, -0.25) is 9.69 Å². The van der Waals surface area contributed by atoms with Crippen LogP contribution in [0.2, 0.25) is 0 Å². The first-order valence-corrected chi connectivity index (χ1v) is 9.26. The zero-order chi connectivity index (χ0) is 21.6. The van der Waals surface area contributed by atoms with Crippen molar-refractivity contribution in [3.8, 4) is 6.07 Å². The molecule has 1 aliphatic carbocycles. The molecular formula is C22H16F3N3O2. The number of halogens is 3. The van der Waals surface area contributed by atoms with E-state index in [0.29, 0.717) is 22.4 Å². The van der Waals surface area contributed by atoms with Gasteiger partial charge in [-0.25, -0.2) is 4.79 Å². The van der Waals surface area contributed by atoms with Crippen LogP contribution in [0.25, 0.3) is 0 Å². The number of hydrogen-bond acceptors (Lipinski definition) is 3. The smallest absolute Gasteiger partial charge is 0.326 e. The van der Waals surface area contributed by atoms with Crippen LogP contribution >= 0.6 is 0 Å². The van der Waals surface area contributed by atoms with Gasteiger partial charge in [-0.1, -0.05) is 25.1 Å². The van der Waals surface area contributed by atoms with Crippen LogP contribution in [0.15, 0.2) is 59.8 Å². The molecule has 2 amide bonds. The largest absolute Gasteiger partial charge is 0.416 e. The van der Waals surface area contributed by atoms with Crippen LogP contribution in [0, 0.1) is 17.2 Å². The fourth-order valence-corrected chi connectivity index (χ4v) is 3.90. The van der Waals surface area contributed by atoms with Crippen molar-refractivity contribution >= 4 is 17.5 Å². The number of anilines is 1. The van der Waals surface area contributed by atoms with Crippen LogP contribution in [0.1, 0.15) is 36.1 Å². The van der Waals surface area contributed by atoms with Crippen molar-refractivity contribution in [3.63, 3.8) is 0 Å². The number of amides is 2. The average molecular weight is 411 g/mol. The lowest BCUT2D eigenvalue weighted by molar-refractivity contribution is -0.137. The molecule has 2 aliphatic rings. The maximum atomic E-state index is 13.2. The predicted molar refractivity (Wildman–Crippen MR) is 102 cm³/mol. The molecule has 5 nitrogen and oxygen atoms in total. The first-order chi connectivity index (χ1) is 14.2. The van der Waals surface area contributed by atoms with Gasteiger partial charge < -0.3 is 5.32 Å². The summed E-state index contributed by atoms with van der Waals surface area (Å²) in [5, 5.41) is 11.7. The molecule has 2 unspecified atom stereocenters. The van der Waals surface area contributed by atoms with Crippen molar-refractivity contribution in [1.29, 1.82) is 5.26 Å². The molecule has 2 atom stereocenters. The zero-order valence-corrected chi connectivity index (χ0v) is 15.8. The number of urea groups is 1. The van der Waals surface area contributed by atoms with E-state index in [1.165, 1.54) is 12.1 Å². The highest BCUT2D eigenvalue weighted by molar-refractivity contribution is 6.09. The number of Topliss-reactive ketones (excluding diaryl/α,β-unsaturated/α-hetero) is 1. The summed E-state index contributed by atoms with van der Waals surface area (Å²) in [6, 6.07) is 11.6. The normalized spacial score (nSPS) is 21.4. The predicted octanol–water partition coefficient (Wildman–Crippen LogP) is 4.71. The van der Waals surface area contributed by atoms with E-state index in [1.54, 1.807) is 31.2 Å². The summed E-state index contributed by atoms with van der Waals surface area (Å²) in [5.41, 5.74) is 1.01. The molecule has 2 aromatic rings. The van der Waals surface area contributed by atoms with Crippen molar-refractivity contribution in [1.82, 2.24) is 5.32 Å². The molecule has 0 saturated heterocycles. The maximum Gasteiger partial charge on any atom is 0.416 e. The molecule has 0 saturated carbocycles. The maximum absolute atomic E-state index is 13.2. The summed E-state index contributed by atoms with van der Waals surface area (Å²) >= 11 is 0. The third-order valence-corrected chi connectivity index (χ3v) is 5.36. The summed E-state index contributed by atoms with van der Waals surface area (Å²) in [4.78, 5) is 27.0. The topological polar surface area (TPSA) is 73.2 Å². The quantitative estimate of drug-likeness (QED) is 0.778. The highest BCUT2D eigenvalue weighted by Gasteiger charge is 2.44. The Kier molecular flexibility index (Phi) is 4.61. The Hall–Kier alpha value is -3.60. The molecule has 1 aliphatic heterocycles. The number of ketones is 1. The Morgan fingerprint density at radius 1 is 1.13 bits per heavy atom. The van der Waals surface area contributed by atoms with Crippen LogP contribution in [0.3, 0.4) is 0 Å². The van der Waals surface area contributed by atoms with E-state index in [9.17, 15) is 22.8 Å². The van der Waals surface area contributed by atoms with Crippen LogP contribution in [0.5, 0.6) is 0 Å². The molecule has 0 radical (unpaired) electrons. The zero-order valence-electron chi connectivity index (χ0n) is 15.8. The fourth-order valence-electron chi connectivity index (χ4n) is 3.90. The van der Waals surface area contributed by atoms with Gasteiger partial charge in [0.15, 0.2) is 5.78 Å².